The number of aromatic nitrogens is 4. The van der Waals surface area contributed by atoms with E-state index < -0.39 is 22.0 Å². The summed E-state index contributed by atoms with van der Waals surface area (Å²) in [7, 11) is -2.27. The van der Waals surface area contributed by atoms with Crippen LogP contribution < -0.4 is 25.8 Å². The van der Waals surface area contributed by atoms with Gasteiger partial charge in [-0.2, -0.15) is 13.5 Å². The van der Waals surface area contributed by atoms with Crippen molar-refractivity contribution in [2.75, 3.05) is 30.0 Å². The molecule has 0 fully saturated rings. The summed E-state index contributed by atoms with van der Waals surface area (Å²) in [5, 5.41) is 10.4. The van der Waals surface area contributed by atoms with E-state index in [4.69, 9.17) is 5.73 Å². The summed E-state index contributed by atoms with van der Waals surface area (Å²) in [5.74, 6) is -1.66. The Morgan fingerprint density at radius 2 is 1.86 bits per heavy atom. The number of anilines is 3. The van der Waals surface area contributed by atoms with Gasteiger partial charge in [-0.05, 0) is 47.7 Å². The van der Waals surface area contributed by atoms with Crippen LogP contribution in [0.15, 0.2) is 55.2 Å². The molecule has 37 heavy (non-hydrogen) atoms. The topological polar surface area (TPSA) is 186 Å². The molecule has 3 aromatic heterocycles. The Balaban J connectivity index is 1.42. The summed E-state index contributed by atoms with van der Waals surface area (Å²) in [6.07, 6.45) is 7.82. The van der Waals surface area contributed by atoms with Crippen LogP contribution in [0.25, 0.3) is 21.9 Å². The number of carbonyl (C=O) groups is 2. The van der Waals surface area contributed by atoms with E-state index in [2.05, 4.69) is 35.1 Å². The van der Waals surface area contributed by atoms with E-state index in [1.165, 1.54) is 30.3 Å². The second kappa shape index (κ2) is 10.7. The van der Waals surface area contributed by atoms with Crippen LogP contribution in [0, 0.1) is 6.92 Å². The number of nitrogens with two attached hydrogens (primary N) is 1. The highest BCUT2D eigenvalue weighted by Gasteiger charge is 2.16. The molecule has 1 aromatic carbocycles. The molecule has 0 atom stereocenters. The predicted octanol–water partition coefficient (Wildman–Crippen LogP) is 1.01. The molecule has 4 aromatic rings. The van der Waals surface area contributed by atoms with Crippen LogP contribution >= 0.6 is 0 Å². The van der Waals surface area contributed by atoms with Gasteiger partial charge in [0.1, 0.15) is 5.82 Å². The van der Waals surface area contributed by atoms with Crippen LogP contribution in [-0.2, 0) is 26.3 Å². The first-order valence-electron chi connectivity index (χ1n) is 11.1. The average Bonchev–Trinajstić information content (AvgIpc) is 3.30. The third-order valence-corrected chi connectivity index (χ3v) is 6.58. The Labute approximate surface area is 212 Å². The molecular weight excluding hydrogens is 498 g/mol. The Kier molecular flexibility index (Phi) is 7.42. The summed E-state index contributed by atoms with van der Waals surface area (Å²) >= 11 is 0. The van der Waals surface area contributed by atoms with Crippen LogP contribution in [0.4, 0.5) is 17.2 Å². The van der Waals surface area contributed by atoms with E-state index in [9.17, 15) is 18.0 Å². The molecule has 14 heteroatoms. The first-order valence-corrected chi connectivity index (χ1v) is 12.6. The van der Waals surface area contributed by atoms with Crippen molar-refractivity contribution in [3.05, 3.63) is 60.8 Å². The molecule has 3 heterocycles. The zero-order chi connectivity index (χ0) is 26.6. The zero-order valence-corrected chi connectivity index (χ0v) is 20.8. The van der Waals surface area contributed by atoms with Crippen LogP contribution in [0.3, 0.4) is 0 Å². The first-order chi connectivity index (χ1) is 17.6. The van der Waals surface area contributed by atoms with Gasteiger partial charge in [0.05, 0.1) is 18.4 Å². The quantitative estimate of drug-likeness (QED) is 0.167. The van der Waals surface area contributed by atoms with Gasteiger partial charge >= 0.3 is 11.8 Å². The molecule has 4 rings (SSSR count). The number of benzene rings is 1. The Morgan fingerprint density at radius 1 is 1.08 bits per heavy atom. The molecule has 2 amide bonds. The molecule has 0 aliphatic heterocycles. The molecular formula is C23H25N9O4S. The number of rotatable bonds is 8. The van der Waals surface area contributed by atoms with Crippen LogP contribution in [0.2, 0.25) is 0 Å². The van der Waals surface area contributed by atoms with Gasteiger partial charge in [0.15, 0.2) is 0 Å². The van der Waals surface area contributed by atoms with Crippen molar-refractivity contribution < 1.29 is 18.0 Å². The van der Waals surface area contributed by atoms with Crippen molar-refractivity contribution in [2.24, 2.45) is 0 Å². The molecule has 0 aliphatic rings. The lowest BCUT2D eigenvalue weighted by atomic mass is 9.99. The van der Waals surface area contributed by atoms with E-state index in [1.54, 1.807) is 18.5 Å². The number of nitrogens with one attached hydrogen (secondary N) is 4. The molecule has 0 spiro atoms. The van der Waals surface area contributed by atoms with Crippen molar-refractivity contribution in [3.63, 3.8) is 0 Å². The van der Waals surface area contributed by atoms with Crippen molar-refractivity contribution in [1.82, 2.24) is 29.2 Å². The number of fused-ring (bicyclic) bond motifs is 1. The van der Waals surface area contributed by atoms with E-state index in [0.29, 0.717) is 11.1 Å². The van der Waals surface area contributed by atoms with Gasteiger partial charge in [-0.25, -0.2) is 14.4 Å². The summed E-state index contributed by atoms with van der Waals surface area (Å²) in [4.78, 5) is 33.2. The number of hydrogen-bond donors (Lipinski definition) is 5. The molecule has 192 valence electrons. The van der Waals surface area contributed by atoms with E-state index in [-0.39, 0.29) is 24.6 Å². The number of carbonyl (C=O) groups excluding carboxylic acids is 2. The molecule has 0 unspecified atom stereocenters. The summed E-state index contributed by atoms with van der Waals surface area (Å²) < 4.78 is 28.6. The van der Waals surface area contributed by atoms with Crippen molar-refractivity contribution in [2.45, 2.75) is 13.5 Å². The van der Waals surface area contributed by atoms with Crippen LogP contribution in [0.1, 0.15) is 5.56 Å². The highest BCUT2D eigenvalue weighted by Crippen LogP contribution is 2.31. The standard InChI is InChI=1S/C23H25N9O4S/c1-14-3-4-26-11-18(14)15-7-16-9-21(27-12-19(16)20(24)8-15)31-23(34)22(33)30-17-10-28-32(13-17)6-5-29-37(35,36)25-2/h3-4,7-13,25,29H,5-6,24H2,1-2H3,(H,30,33)(H,27,31,34). The first kappa shape index (κ1) is 25.7. The number of pyridine rings is 2. The van der Waals surface area contributed by atoms with Gasteiger partial charge in [-0.1, -0.05) is 0 Å². The fourth-order valence-corrected chi connectivity index (χ4v) is 4.06. The second-order valence-corrected chi connectivity index (χ2v) is 9.75. The minimum Gasteiger partial charge on any atom is -0.398 e. The predicted molar refractivity (Wildman–Crippen MR) is 140 cm³/mol. The number of hydrogen-bond acceptors (Lipinski definition) is 8. The lowest BCUT2D eigenvalue weighted by molar-refractivity contribution is -0.133. The molecule has 0 radical (unpaired) electrons. The molecule has 13 nitrogen and oxygen atoms in total. The largest absolute Gasteiger partial charge is 0.398 e. The minimum absolute atomic E-state index is 0.0823. The van der Waals surface area contributed by atoms with Gasteiger partial charge in [-0.3, -0.25) is 19.3 Å². The van der Waals surface area contributed by atoms with Crippen molar-refractivity contribution in [3.8, 4) is 11.1 Å². The van der Waals surface area contributed by atoms with Crippen LogP contribution in [-0.4, -0.2) is 53.6 Å². The summed E-state index contributed by atoms with van der Waals surface area (Å²) in [6, 6.07) is 7.30. The second-order valence-electron chi connectivity index (χ2n) is 8.05. The van der Waals surface area contributed by atoms with Gasteiger partial charge < -0.3 is 16.4 Å². The van der Waals surface area contributed by atoms with E-state index in [1.807, 2.05) is 25.1 Å². The van der Waals surface area contributed by atoms with Crippen LogP contribution in [0.5, 0.6) is 0 Å². The maximum Gasteiger partial charge on any atom is 0.315 e. The zero-order valence-electron chi connectivity index (χ0n) is 20.0. The maximum atomic E-state index is 12.5. The van der Waals surface area contributed by atoms with Crippen molar-refractivity contribution in [1.29, 1.82) is 0 Å². The fourth-order valence-electron chi connectivity index (χ4n) is 3.55. The number of nitrogen functional groups attached to an aromatic ring is 1. The Hall–Kier alpha value is -4.40. The van der Waals surface area contributed by atoms with Gasteiger partial charge in [0.2, 0.25) is 0 Å². The normalized spacial score (nSPS) is 11.4. The Bertz CT molecular complexity index is 1580. The molecule has 0 saturated carbocycles. The Morgan fingerprint density at radius 3 is 2.62 bits per heavy atom. The SMILES string of the molecule is CNS(=O)(=O)NCCn1cc(NC(=O)C(=O)Nc2cc3cc(-c4cnccc4C)cc(N)c3cn2)cn1. The highest BCUT2D eigenvalue weighted by molar-refractivity contribution is 7.87. The number of nitrogens with zero attached hydrogens (tertiary/aromatic N) is 4. The third-order valence-electron chi connectivity index (χ3n) is 5.46. The van der Waals surface area contributed by atoms with Gasteiger partial charge in [-0.15, -0.1) is 0 Å². The minimum atomic E-state index is -3.56. The number of amides is 2. The lowest BCUT2D eigenvalue weighted by Crippen LogP contribution is -2.35. The fraction of sp³-hybridized carbons (Fsp3) is 0.174. The summed E-state index contributed by atoms with van der Waals surface area (Å²) in [6.45, 7) is 2.27. The molecule has 6 N–H and O–H groups in total. The highest BCUT2D eigenvalue weighted by atomic mass is 32.2. The van der Waals surface area contributed by atoms with Crippen molar-refractivity contribution >= 4 is 50.0 Å². The van der Waals surface area contributed by atoms with E-state index in [0.717, 1.165) is 22.1 Å². The third kappa shape index (κ3) is 6.24. The monoisotopic (exact) mass is 523 g/mol. The average molecular weight is 524 g/mol. The number of aryl methyl sites for hydroxylation is 1. The van der Waals surface area contributed by atoms with Gasteiger partial charge in [0, 0.05) is 55.0 Å². The molecule has 0 bridgehead atoms. The van der Waals surface area contributed by atoms with Gasteiger partial charge in [0.25, 0.3) is 10.2 Å². The van der Waals surface area contributed by atoms with E-state index >= 15 is 0 Å². The lowest BCUT2D eigenvalue weighted by Gasteiger charge is -2.11. The summed E-state index contributed by atoms with van der Waals surface area (Å²) in [5.41, 5.74) is 9.86. The molecule has 0 saturated heterocycles. The maximum absolute atomic E-state index is 12.5. The smallest absolute Gasteiger partial charge is 0.315 e. The molecule has 0 aliphatic carbocycles.